The normalized spacial score (nSPS) is 21.0. The van der Waals surface area contributed by atoms with Gasteiger partial charge in [0.1, 0.15) is 11.4 Å². The summed E-state index contributed by atoms with van der Waals surface area (Å²) in [5.74, 6) is 1.28. The lowest BCUT2D eigenvalue weighted by atomic mass is 10.1. The van der Waals surface area contributed by atoms with Crippen LogP contribution in [0.5, 0.6) is 0 Å². The Hall–Kier alpha value is -2.24. The molecule has 0 aliphatic carbocycles. The number of likely N-dealkylation sites (tertiary alicyclic amines) is 1. The number of rotatable bonds is 8. The summed E-state index contributed by atoms with van der Waals surface area (Å²) in [5.41, 5.74) is 1.08. The van der Waals surface area contributed by atoms with Crippen molar-refractivity contribution in [3.8, 4) is 0 Å². The Labute approximate surface area is 209 Å². The van der Waals surface area contributed by atoms with E-state index in [0.717, 1.165) is 54.8 Å². The minimum absolute atomic E-state index is 0.0554. The van der Waals surface area contributed by atoms with Crippen LogP contribution in [0.4, 0.5) is 17.5 Å². The fourth-order valence-corrected chi connectivity index (χ4v) is 4.74. The van der Waals surface area contributed by atoms with E-state index in [1.807, 2.05) is 31.9 Å². The van der Waals surface area contributed by atoms with Gasteiger partial charge in [-0.3, -0.25) is 9.48 Å². The molecule has 0 bridgehead atoms. The number of hydrogen-bond acceptors (Lipinski definition) is 8. The molecule has 0 radical (unpaired) electrons. The number of amides is 1. The SMILES string of the molecule is Cc1nn(C2CCN(C)C2)cc1Nc1ncc(Br)c(NCCCN2CCCOC(C)(C)C2=O)n1. The van der Waals surface area contributed by atoms with Gasteiger partial charge in [0.25, 0.3) is 5.91 Å². The van der Waals surface area contributed by atoms with Crippen LogP contribution in [0.2, 0.25) is 0 Å². The molecule has 2 saturated heterocycles. The number of halogens is 1. The minimum Gasteiger partial charge on any atom is -0.369 e. The van der Waals surface area contributed by atoms with Crippen molar-refractivity contribution in [3.05, 3.63) is 22.6 Å². The minimum atomic E-state index is -0.750. The standard InChI is InChI=1S/C23H35BrN8O2/c1-16-19(15-32(29-16)17-7-11-30(4)14-17)27-22-26-13-18(24)20(28-22)25-8-5-9-31-10-6-12-34-23(2,3)21(31)33/h13,15,17H,5-12,14H2,1-4H3,(H2,25,26,27,28). The molecule has 1 atom stereocenters. The molecule has 2 aromatic rings. The van der Waals surface area contributed by atoms with Crippen LogP contribution in [0.15, 0.2) is 16.9 Å². The second-order valence-corrected chi connectivity index (χ2v) is 10.5. The zero-order valence-corrected chi connectivity index (χ0v) is 22.1. The lowest BCUT2D eigenvalue weighted by Crippen LogP contribution is -2.45. The van der Waals surface area contributed by atoms with Crippen LogP contribution in [-0.4, -0.2) is 87.4 Å². The highest BCUT2D eigenvalue weighted by atomic mass is 79.9. The molecule has 1 unspecified atom stereocenters. The largest absolute Gasteiger partial charge is 0.369 e. The Morgan fingerprint density at radius 2 is 2.15 bits per heavy atom. The number of hydrogen-bond donors (Lipinski definition) is 2. The first-order valence-electron chi connectivity index (χ1n) is 11.9. The number of aryl methyl sites for hydroxylation is 1. The maximum atomic E-state index is 12.7. The van der Waals surface area contributed by atoms with Gasteiger partial charge in [0.15, 0.2) is 0 Å². The fourth-order valence-electron chi connectivity index (χ4n) is 4.41. The number of anilines is 3. The van der Waals surface area contributed by atoms with E-state index in [1.165, 1.54) is 0 Å². The Bertz CT molecular complexity index is 1010. The summed E-state index contributed by atoms with van der Waals surface area (Å²) < 4.78 is 8.53. The van der Waals surface area contributed by atoms with Gasteiger partial charge in [0.05, 0.1) is 21.9 Å². The summed E-state index contributed by atoms with van der Waals surface area (Å²) in [4.78, 5) is 25.9. The molecule has 186 valence electrons. The van der Waals surface area contributed by atoms with Crippen molar-refractivity contribution >= 4 is 39.3 Å². The van der Waals surface area contributed by atoms with Crippen LogP contribution in [0.1, 0.15) is 44.8 Å². The molecule has 2 aliphatic heterocycles. The highest BCUT2D eigenvalue weighted by Gasteiger charge is 2.34. The zero-order valence-electron chi connectivity index (χ0n) is 20.5. The Morgan fingerprint density at radius 3 is 2.91 bits per heavy atom. The van der Waals surface area contributed by atoms with Crippen LogP contribution in [-0.2, 0) is 9.53 Å². The zero-order chi connectivity index (χ0) is 24.3. The van der Waals surface area contributed by atoms with E-state index < -0.39 is 5.60 Å². The first kappa shape index (κ1) is 24.9. The number of carbonyl (C=O) groups is 1. The second kappa shape index (κ2) is 10.6. The third-order valence-corrected chi connectivity index (χ3v) is 6.96. The van der Waals surface area contributed by atoms with Crippen LogP contribution < -0.4 is 10.6 Å². The van der Waals surface area contributed by atoms with Gasteiger partial charge in [-0.2, -0.15) is 10.1 Å². The average molecular weight is 535 g/mol. The van der Waals surface area contributed by atoms with Gasteiger partial charge in [-0.25, -0.2) is 4.98 Å². The van der Waals surface area contributed by atoms with Crippen molar-refractivity contribution in [3.63, 3.8) is 0 Å². The first-order chi connectivity index (χ1) is 16.2. The van der Waals surface area contributed by atoms with Crippen molar-refractivity contribution in [1.29, 1.82) is 0 Å². The smallest absolute Gasteiger partial charge is 0.254 e. The first-order valence-corrected chi connectivity index (χ1v) is 12.7. The van der Waals surface area contributed by atoms with Crippen molar-refractivity contribution in [1.82, 2.24) is 29.5 Å². The topological polar surface area (TPSA) is 100 Å². The van der Waals surface area contributed by atoms with Gasteiger partial charge in [0, 0.05) is 45.2 Å². The lowest BCUT2D eigenvalue weighted by molar-refractivity contribution is -0.149. The molecule has 2 aliphatic rings. The van der Waals surface area contributed by atoms with Crippen LogP contribution >= 0.6 is 15.9 Å². The molecule has 11 heteroatoms. The van der Waals surface area contributed by atoms with E-state index in [4.69, 9.17) is 9.84 Å². The molecule has 2 aromatic heterocycles. The number of nitrogens with one attached hydrogen (secondary N) is 2. The summed E-state index contributed by atoms with van der Waals surface area (Å²) in [5, 5.41) is 11.4. The number of aromatic nitrogens is 4. The van der Waals surface area contributed by atoms with Gasteiger partial charge in [-0.1, -0.05) is 0 Å². The maximum absolute atomic E-state index is 12.7. The molecule has 1 amide bonds. The number of nitrogens with zero attached hydrogens (tertiary/aromatic N) is 6. The van der Waals surface area contributed by atoms with E-state index in [0.29, 0.717) is 37.5 Å². The molecule has 0 aromatic carbocycles. The van der Waals surface area contributed by atoms with Crippen LogP contribution in [0.25, 0.3) is 0 Å². The van der Waals surface area contributed by atoms with Gasteiger partial charge in [-0.15, -0.1) is 0 Å². The van der Waals surface area contributed by atoms with Gasteiger partial charge < -0.3 is 25.2 Å². The average Bonchev–Trinajstić information content (AvgIpc) is 3.36. The third-order valence-electron chi connectivity index (χ3n) is 6.38. The molecule has 4 heterocycles. The number of likely N-dealkylation sites (N-methyl/N-ethyl adjacent to an activating group) is 1. The molecule has 34 heavy (non-hydrogen) atoms. The van der Waals surface area contributed by atoms with E-state index in [1.54, 1.807) is 6.20 Å². The monoisotopic (exact) mass is 534 g/mol. The molecule has 2 fully saturated rings. The second-order valence-electron chi connectivity index (χ2n) is 9.61. The van der Waals surface area contributed by atoms with Crippen LogP contribution in [0.3, 0.4) is 0 Å². The van der Waals surface area contributed by atoms with Crippen molar-refractivity contribution < 1.29 is 9.53 Å². The Balaban J connectivity index is 1.33. The molecule has 2 N–H and O–H groups in total. The van der Waals surface area contributed by atoms with E-state index in [-0.39, 0.29) is 5.91 Å². The molecule has 10 nitrogen and oxygen atoms in total. The van der Waals surface area contributed by atoms with E-state index >= 15 is 0 Å². The van der Waals surface area contributed by atoms with Crippen LogP contribution in [0, 0.1) is 6.92 Å². The van der Waals surface area contributed by atoms with Crippen molar-refractivity contribution in [2.75, 3.05) is 57.0 Å². The van der Waals surface area contributed by atoms with Gasteiger partial charge in [0.2, 0.25) is 5.95 Å². The predicted molar refractivity (Wildman–Crippen MR) is 135 cm³/mol. The summed E-state index contributed by atoms with van der Waals surface area (Å²) in [6.07, 6.45) is 6.56. The maximum Gasteiger partial charge on any atom is 0.254 e. The van der Waals surface area contributed by atoms with Gasteiger partial charge in [-0.05, 0) is 69.6 Å². The van der Waals surface area contributed by atoms with Crippen molar-refractivity contribution in [2.24, 2.45) is 0 Å². The number of carbonyl (C=O) groups excluding carboxylic acids is 1. The quantitative estimate of drug-likeness (QED) is 0.498. The summed E-state index contributed by atoms with van der Waals surface area (Å²) in [7, 11) is 2.14. The van der Waals surface area contributed by atoms with E-state index in [2.05, 4.69) is 53.2 Å². The van der Waals surface area contributed by atoms with Gasteiger partial charge >= 0.3 is 0 Å². The van der Waals surface area contributed by atoms with E-state index in [9.17, 15) is 4.79 Å². The highest BCUT2D eigenvalue weighted by Crippen LogP contribution is 2.26. The molecule has 0 spiro atoms. The van der Waals surface area contributed by atoms with Crippen molar-refractivity contribution in [2.45, 2.75) is 51.7 Å². The third kappa shape index (κ3) is 5.87. The predicted octanol–water partition coefficient (Wildman–Crippen LogP) is 3.19. The summed E-state index contributed by atoms with van der Waals surface area (Å²) >= 11 is 3.53. The fraction of sp³-hybridized carbons (Fsp3) is 0.652. The molecular weight excluding hydrogens is 500 g/mol. The summed E-state index contributed by atoms with van der Waals surface area (Å²) in [6.45, 7) is 10.5. The molecule has 0 saturated carbocycles. The highest BCUT2D eigenvalue weighted by molar-refractivity contribution is 9.10. The molecule has 4 rings (SSSR count). The molecular formula is C23H35BrN8O2. The number of ether oxygens (including phenoxy) is 1. The Morgan fingerprint density at radius 1 is 1.32 bits per heavy atom. The lowest BCUT2D eigenvalue weighted by Gasteiger charge is -2.28. The summed E-state index contributed by atoms with van der Waals surface area (Å²) in [6, 6.07) is 0.399. The Kier molecular flexibility index (Phi) is 7.73.